The lowest BCUT2D eigenvalue weighted by atomic mass is 10.1. The highest BCUT2D eigenvalue weighted by Gasteiger charge is 2.25. The summed E-state index contributed by atoms with van der Waals surface area (Å²) < 4.78 is 10.6. The fraction of sp³-hybridized carbons (Fsp3) is 0.529. The van der Waals surface area contributed by atoms with E-state index in [-0.39, 0.29) is 18.1 Å². The molecule has 126 valence electrons. The van der Waals surface area contributed by atoms with Gasteiger partial charge in [0.2, 0.25) is 0 Å². The van der Waals surface area contributed by atoms with Crippen LogP contribution in [0, 0.1) is 0 Å². The summed E-state index contributed by atoms with van der Waals surface area (Å²) in [5, 5.41) is 0. The molecule has 6 nitrogen and oxygen atoms in total. The van der Waals surface area contributed by atoms with Crippen LogP contribution in [0.5, 0.6) is 5.75 Å². The third-order valence-electron chi connectivity index (χ3n) is 3.55. The van der Waals surface area contributed by atoms with Crippen molar-refractivity contribution in [1.82, 2.24) is 9.80 Å². The summed E-state index contributed by atoms with van der Waals surface area (Å²) in [6, 6.07) is 7.21. The summed E-state index contributed by atoms with van der Waals surface area (Å²) in [5.41, 5.74) is 0.604. The van der Waals surface area contributed by atoms with E-state index in [1.807, 2.05) is 26.0 Å². The highest BCUT2D eigenvalue weighted by Crippen LogP contribution is 2.17. The minimum Gasteiger partial charge on any atom is -0.491 e. The van der Waals surface area contributed by atoms with Crippen molar-refractivity contribution in [1.29, 1.82) is 0 Å². The monoisotopic (exact) mass is 320 g/mol. The maximum absolute atomic E-state index is 12.6. The van der Waals surface area contributed by atoms with Crippen LogP contribution in [-0.4, -0.2) is 60.7 Å². The minimum atomic E-state index is -0.313. The van der Waals surface area contributed by atoms with E-state index in [4.69, 9.17) is 9.47 Å². The van der Waals surface area contributed by atoms with Gasteiger partial charge in [-0.1, -0.05) is 6.07 Å². The van der Waals surface area contributed by atoms with Gasteiger partial charge in [-0.15, -0.1) is 0 Å². The van der Waals surface area contributed by atoms with Crippen LogP contribution in [0.1, 0.15) is 31.1 Å². The van der Waals surface area contributed by atoms with E-state index in [0.29, 0.717) is 44.1 Å². The predicted octanol–water partition coefficient (Wildman–Crippen LogP) is 2.39. The largest absolute Gasteiger partial charge is 0.491 e. The number of benzene rings is 1. The molecule has 1 saturated heterocycles. The second kappa shape index (κ2) is 7.85. The van der Waals surface area contributed by atoms with E-state index in [1.165, 1.54) is 0 Å². The summed E-state index contributed by atoms with van der Waals surface area (Å²) in [6.07, 6.45) is -0.250. The average molecular weight is 320 g/mol. The van der Waals surface area contributed by atoms with Crippen molar-refractivity contribution in [2.75, 3.05) is 32.8 Å². The number of piperazine rings is 1. The number of hydrogen-bond donors (Lipinski definition) is 0. The Kier molecular flexibility index (Phi) is 5.84. The molecule has 2 rings (SSSR count). The van der Waals surface area contributed by atoms with Crippen molar-refractivity contribution in [2.45, 2.75) is 26.9 Å². The van der Waals surface area contributed by atoms with E-state index >= 15 is 0 Å². The summed E-state index contributed by atoms with van der Waals surface area (Å²) in [4.78, 5) is 27.6. The van der Waals surface area contributed by atoms with Crippen LogP contribution in [0.3, 0.4) is 0 Å². The van der Waals surface area contributed by atoms with Gasteiger partial charge in [-0.25, -0.2) is 4.79 Å². The molecule has 2 amide bonds. The molecule has 0 atom stereocenters. The van der Waals surface area contributed by atoms with Gasteiger partial charge in [0, 0.05) is 31.7 Å². The molecule has 0 bridgehead atoms. The summed E-state index contributed by atoms with van der Waals surface area (Å²) in [7, 11) is 0. The molecule has 1 aliphatic heterocycles. The Morgan fingerprint density at radius 2 is 1.78 bits per heavy atom. The van der Waals surface area contributed by atoms with Gasteiger partial charge in [0.05, 0.1) is 12.7 Å². The number of rotatable bonds is 4. The Hall–Kier alpha value is -2.24. The van der Waals surface area contributed by atoms with Crippen LogP contribution < -0.4 is 4.74 Å². The summed E-state index contributed by atoms with van der Waals surface area (Å²) in [6.45, 7) is 8.04. The number of carbonyl (C=O) groups excluding carboxylic acids is 2. The number of carbonyl (C=O) groups is 2. The second-order valence-electron chi connectivity index (χ2n) is 5.67. The number of ether oxygens (including phenoxy) is 2. The lowest BCUT2D eigenvalue weighted by Gasteiger charge is -2.34. The van der Waals surface area contributed by atoms with E-state index < -0.39 is 0 Å². The Morgan fingerprint density at radius 3 is 2.39 bits per heavy atom. The first-order valence-corrected chi connectivity index (χ1v) is 7.99. The zero-order valence-electron chi connectivity index (χ0n) is 13.9. The standard InChI is InChI=1S/C17H24N2O4/c1-4-22-17(21)19-10-8-18(9-11-19)16(20)14-6-5-7-15(12-14)23-13(2)3/h5-7,12-13H,4,8-11H2,1-3H3. The molecule has 0 aromatic heterocycles. The lowest BCUT2D eigenvalue weighted by Crippen LogP contribution is -2.50. The highest BCUT2D eigenvalue weighted by molar-refractivity contribution is 5.94. The molecule has 0 unspecified atom stereocenters. The van der Waals surface area contributed by atoms with Crippen LogP contribution in [0.15, 0.2) is 24.3 Å². The predicted molar refractivity (Wildman–Crippen MR) is 86.7 cm³/mol. The molecule has 0 N–H and O–H groups in total. The molecule has 1 aliphatic rings. The third kappa shape index (κ3) is 4.61. The Labute approximate surface area is 137 Å². The molecule has 23 heavy (non-hydrogen) atoms. The Bertz CT molecular complexity index is 551. The smallest absolute Gasteiger partial charge is 0.409 e. The van der Waals surface area contributed by atoms with Crippen LogP contribution in [0.25, 0.3) is 0 Å². The van der Waals surface area contributed by atoms with Crippen LogP contribution in [0.4, 0.5) is 4.79 Å². The van der Waals surface area contributed by atoms with Crippen molar-refractivity contribution >= 4 is 12.0 Å². The summed E-state index contributed by atoms with van der Waals surface area (Å²) in [5.74, 6) is 0.652. The average Bonchev–Trinajstić information content (AvgIpc) is 2.54. The molecular formula is C17H24N2O4. The van der Waals surface area contributed by atoms with Gasteiger partial charge >= 0.3 is 6.09 Å². The minimum absolute atomic E-state index is 0.0392. The number of amides is 2. The molecule has 1 aromatic rings. The van der Waals surface area contributed by atoms with Crippen LogP contribution in [-0.2, 0) is 4.74 Å². The highest BCUT2D eigenvalue weighted by atomic mass is 16.6. The molecule has 0 spiro atoms. The molecule has 0 aliphatic carbocycles. The van der Waals surface area contributed by atoms with Crippen molar-refractivity contribution < 1.29 is 19.1 Å². The van der Waals surface area contributed by atoms with Gasteiger partial charge in [-0.05, 0) is 39.0 Å². The molecule has 0 saturated carbocycles. The van der Waals surface area contributed by atoms with E-state index in [0.717, 1.165) is 0 Å². The molecular weight excluding hydrogens is 296 g/mol. The molecule has 1 fully saturated rings. The quantitative estimate of drug-likeness (QED) is 0.855. The topological polar surface area (TPSA) is 59.1 Å². The van der Waals surface area contributed by atoms with Crippen LogP contribution >= 0.6 is 0 Å². The van der Waals surface area contributed by atoms with Crippen molar-refractivity contribution in [2.24, 2.45) is 0 Å². The SMILES string of the molecule is CCOC(=O)N1CCN(C(=O)c2cccc(OC(C)C)c2)CC1. The lowest BCUT2D eigenvalue weighted by molar-refractivity contribution is 0.0570. The number of nitrogens with zero attached hydrogens (tertiary/aromatic N) is 2. The second-order valence-corrected chi connectivity index (χ2v) is 5.67. The molecule has 0 radical (unpaired) electrons. The van der Waals surface area contributed by atoms with Gasteiger partial charge in [0.15, 0.2) is 0 Å². The van der Waals surface area contributed by atoms with E-state index in [1.54, 1.807) is 28.9 Å². The van der Waals surface area contributed by atoms with Crippen LogP contribution in [0.2, 0.25) is 0 Å². The first-order chi connectivity index (χ1) is 11.0. The number of hydrogen-bond acceptors (Lipinski definition) is 4. The third-order valence-corrected chi connectivity index (χ3v) is 3.55. The van der Waals surface area contributed by atoms with E-state index in [9.17, 15) is 9.59 Å². The molecule has 1 heterocycles. The first-order valence-electron chi connectivity index (χ1n) is 7.99. The van der Waals surface area contributed by atoms with Gasteiger partial charge in [0.25, 0.3) is 5.91 Å². The zero-order valence-corrected chi connectivity index (χ0v) is 13.9. The maximum Gasteiger partial charge on any atom is 0.409 e. The Balaban J connectivity index is 1.96. The van der Waals surface area contributed by atoms with E-state index in [2.05, 4.69) is 0 Å². The zero-order chi connectivity index (χ0) is 16.8. The van der Waals surface area contributed by atoms with Crippen molar-refractivity contribution in [3.63, 3.8) is 0 Å². The normalized spacial score (nSPS) is 14.8. The maximum atomic E-state index is 12.6. The Morgan fingerprint density at radius 1 is 1.13 bits per heavy atom. The molecule has 6 heteroatoms. The van der Waals surface area contributed by atoms with Gasteiger partial charge in [0.1, 0.15) is 5.75 Å². The first kappa shape index (κ1) is 17.1. The van der Waals surface area contributed by atoms with Gasteiger partial charge in [-0.2, -0.15) is 0 Å². The van der Waals surface area contributed by atoms with Crippen molar-refractivity contribution in [3.05, 3.63) is 29.8 Å². The van der Waals surface area contributed by atoms with Gasteiger partial charge < -0.3 is 19.3 Å². The van der Waals surface area contributed by atoms with Gasteiger partial charge in [-0.3, -0.25) is 4.79 Å². The fourth-order valence-electron chi connectivity index (χ4n) is 2.46. The molecule has 1 aromatic carbocycles. The summed E-state index contributed by atoms with van der Waals surface area (Å²) >= 11 is 0. The van der Waals surface area contributed by atoms with Crippen molar-refractivity contribution in [3.8, 4) is 5.75 Å². The fourth-order valence-corrected chi connectivity index (χ4v) is 2.46.